The molecule has 23 heteroatoms. The number of fused-ring (bicyclic) bond motifs is 2. The van der Waals surface area contributed by atoms with E-state index in [1.165, 1.54) is 44.7 Å². The maximum absolute atomic E-state index is 13.8. The van der Waals surface area contributed by atoms with Gasteiger partial charge in [0, 0.05) is 86.7 Å². The van der Waals surface area contributed by atoms with Crippen molar-refractivity contribution in [3.8, 4) is 22.5 Å². The van der Waals surface area contributed by atoms with Gasteiger partial charge in [-0.05, 0) is 98.2 Å². The van der Waals surface area contributed by atoms with Gasteiger partial charge in [-0.25, -0.2) is 37.1 Å². The number of amides is 2. The topological polar surface area (TPSA) is 259 Å². The first-order valence-electron chi connectivity index (χ1n) is 20.0. The number of pyridine rings is 2. The minimum atomic E-state index is -3.96. The summed E-state index contributed by atoms with van der Waals surface area (Å²) in [7, 11) is -4.82. The fraction of sp³-hybridized carbons (Fsp3) is 0.283. The van der Waals surface area contributed by atoms with E-state index in [-0.39, 0.29) is 112 Å². The maximum Gasteiger partial charge on any atom is 0.302 e. The van der Waals surface area contributed by atoms with Crippen LogP contribution in [0, 0.1) is 39.5 Å². The monoisotopic (exact) mass is 1360 g/mol. The van der Waals surface area contributed by atoms with Crippen LogP contribution in [0.1, 0.15) is 40.6 Å². The number of ether oxygens (including phenoxy) is 1. The molecule has 2 atom stereocenters. The third-order valence-corrected chi connectivity index (χ3v) is 17.0. The van der Waals surface area contributed by atoms with Crippen molar-refractivity contribution in [2.75, 3.05) is 37.1 Å². The van der Waals surface area contributed by atoms with Crippen LogP contribution in [0.3, 0.4) is 0 Å². The SMILES string of the molecule is CC(=O)OCC1(C(=O)N(C)c2nc(C)c(S(N)(=O)=O)s2)Cc2ccc(-c3ccccn3)cc2C1.Cc1nc(N(C)C(=O)C2(CO)Cc3ccc(-c4ccccn4)cc3C2)sc1S(N)(=O)=O.[CH3-].[CH3-].[W].[W]. The van der Waals surface area contributed by atoms with E-state index in [0.29, 0.717) is 25.7 Å². The molecule has 2 aliphatic carbocycles. The molecule has 368 valence electrons. The summed E-state index contributed by atoms with van der Waals surface area (Å²) in [5, 5.41) is 21.2. The summed E-state index contributed by atoms with van der Waals surface area (Å²) >= 11 is 1.68. The van der Waals surface area contributed by atoms with Crippen LogP contribution >= 0.6 is 22.7 Å². The van der Waals surface area contributed by atoms with E-state index in [1.54, 1.807) is 12.4 Å². The third kappa shape index (κ3) is 12.5. The number of nitrogens with zero attached hydrogens (tertiary/aromatic N) is 6. The van der Waals surface area contributed by atoms with Gasteiger partial charge in [0.2, 0.25) is 31.9 Å². The van der Waals surface area contributed by atoms with Crippen LogP contribution in [0.25, 0.3) is 22.5 Å². The number of primary sulfonamides is 2. The molecular formula is C46H52N8O9S4W2-2. The number of aliphatic hydroxyl groups is 1. The van der Waals surface area contributed by atoms with Crippen molar-refractivity contribution < 1.29 is 83.2 Å². The van der Waals surface area contributed by atoms with E-state index in [2.05, 4.69) is 19.9 Å². The van der Waals surface area contributed by atoms with Gasteiger partial charge >= 0.3 is 5.97 Å². The Hall–Kier alpha value is -4.43. The Morgan fingerprint density at radius 3 is 1.42 bits per heavy atom. The van der Waals surface area contributed by atoms with Gasteiger partial charge in [-0.15, -0.1) is 0 Å². The number of carbonyl (C=O) groups is 3. The Labute approximate surface area is 439 Å². The molecule has 2 aliphatic rings. The van der Waals surface area contributed by atoms with Crippen molar-refractivity contribution in [3.63, 3.8) is 0 Å². The number of thiazole rings is 2. The predicted octanol–water partition coefficient (Wildman–Crippen LogP) is 5.27. The summed E-state index contributed by atoms with van der Waals surface area (Å²) < 4.78 is 52.3. The summed E-state index contributed by atoms with van der Waals surface area (Å²) in [6, 6.07) is 23.2. The maximum atomic E-state index is 13.8. The molecule has 0 spiro atoms. The second-order valence-electron chi connectivity index (χ2n) is 16.2. The van der Waals surface area contributed by atoms with Crippen LogP contribution in [0.4, 0.5) is 10.3 Å². The Morgan fingerprint density at radius 1 is 0.667 bits per heavy atom. The van der Waals surface area contributed by atoms with Gasteiger partial charge in [-0.3, -0.25) is 34.2 Å². The van der Waals surface area contributed by atoms with Crippen LogP contribution in [-0.4, -0.2) is 87.0 Å². The van der Waals surface area contributed by atoms with Gasteiger partial charge in [0.15, 0.2) is 18.7 Å². The summed E-state index contributed by atoms with van der Waals surface area (Å²) in [5.41, 5.74) is 5.85. The number of carbonyl (C=O) groups excluding carboxylic acids is 3. The number of aliphatic hydroxyl groups excluding tert-OH is 1. The van der Waals surface area contributed by atoms with Crippen molar-refractivity contribution in [3.05, 3.63) is 134 Å². The van der Waals surface area contributed by atoms with Crippen LogP contribution in [-0.2, 0) is 107 Å². The number of aromatic nitrogens is 4. The van der Waals surface area contributed by atoms with E-state index in [0.717, 1.165) is 67.4 Å². The van der Waals surface area contributed by atoms with E-state index >= 15 is 0 Å². The molecule has 69 heavy (non-hydrogen) atoms. The molecule has 0 radical (unpaired) electrons. The predicted molar refractivity (Wildman–Crippen MR) is 259 cm³/mol. The molecular weight excluding hydrogens is 1300 g/mol. The second-order valence-corrected chi connectivity index (χ2v) is 21.6. The minimum absolute atomic E-state index is 0. The van der Waals surface area contributed by atoms with Gasteiger partial charge in [0.1, 0.15) is 6.61 Å². The Bertz CT molecular complexity index is 3050. The number of benzene rings is 2. The number of nitrogens with two attached hydrogens (primary N) is 2. The first-order valence-corrected chi connectivity index (χ1v) is 24.7. The van der Waals surface area contributed by atoms with Gasteiger partial charge < -0.3 is 24.7 Å². The Balaban J connectivity index is 0.000000346. The number of anilines is 2. The molecule has 4 aromatic heterocycles. The standard InChI is InChI=1S/C23H24N4O5S2.C21H22N4O4S2.2CH3.2W/c1-14-20(34(24,30)31)33-22(26-14)27(3)21(29)23(13-32-15(2)28)11-17-8-7-16(10-18(17)12-23)19-6-4-5-9-25-19;1-13-18(31(22,28)29)30-20(24-13)25(2)19(27)21(12-26)10-15-7-6-14(9-16(15)11-21)17-5-3-4-8-23-17;;;;/h4-10H,11-13H2,1-3H3,(H2,24,30,31);3-9,26H,10-12H2,1-2H3,(H2,22,28,29);2*1H3;;/q;;2*-1;;. The average molecular weight is 1360 g/mol. The Kier molecular flexibility index (Phi) is 19.8. The van der Waals surface area contributed by atoms with Crippen LogP contribution in [0.5, 0.6) is 0 Å². The molecule has 2 aromatic carbocycles. The zero-order chi connectivity index (χ0) is 47.1. The van der Waals surface area contributed by atoms with Crippen molar-refractivity contribution >= 4 is 70.8 Å². The number of sulfonamides is 2. The fourth-order valence-corrected chi connectivity index (χ4v) is 12.0. The number of rotatable bonds is 11. The summed E-state index contributed by atoms with van der Waals surface area (Å²) in [6.07, 6.45) is 4.92. The molecule has 0 aliphatic heterocycles. The van der Waals surface area contributed by atoms with Crippen molar-refractivity contribution in [2.45, 2.75) is 54.9 Å². The van der Waals surface area contributed by atoms with Gasteiger partial charge in [0.25, 0.3) is 0 Å². The number of aryl methyl sites for hydroxylation is 2. The molecule has 2 unspecified atom stereocenters. The zero-order valence-electron chi connectivity index (χ0n) is 38.8. The van der Waals surface area contributed by atoms with E-state index in [4.69, 9.17) is 15.0 Å². The van der Waals surface area contributed by atoms with Crippen LogP contribution < -0.4 is 20.1 Å². The summed E-state index contributed by atoms with van der Waals surface area (Å²) in [5.74, 6) is -1.12. The molecule has 0 saturated heterocycles. The minimum Gasteiger partial charge on any atom is -0.465 e. The van der Waals surface area contributed by atoms with E-state index in [9.17, 15) is 36.3 Å². The normalized spacial score (nSPS) is 16.6. The van der Waals surface area contributed by atoms with Crippen LogP contribution in [0.15, 0.2) is 93.6 Å². The summed E-state index contributed by atoms with van der Waals surface area (Å²) in [6.45, 7) is 3.91. The van der Waals surface area contributed by atoms with E-state index < -0.39 is 36.8 Å². The molecule has 4 heterocycles. The first-order chi connectivity index (χ1) is 30.6. The zero-order valence-corrected chi connectivity index (χ0v) is 48.0. The largest absolute Gasteiger partial charge is 0.465 e. The smallest absolute Gasteiger partial charge is 0.302 e. The van der Waals surface area contributed by atoms with Gasteiger partial charge in [-0.1, -0.05) is 59.1 Å². The molecule has 5 N–H and O–H groups in total. The molecule has 0 saturated carbocycles. The third-order valence-electron chi connectivity index (χ3n) is 11.4. The number of esters is 1. The van der Waals surface area contributed by atoms with E-state index in [1.807, 2.05) is 72.8 Å². The molecule has 17 nitrogen and oxygen atoms in total. The average Bonchev–Trinajstić information content (AvgIpc) is 4.07. The molecule has 8 rings (SSSR count). The molecule has 0 fully saturated rings. The van der Waals surface area contributed by atoms with Crippen molar-refractivity contribution in [1.82, 2.24) is 19.9 Å². The van der Waals surface area contributed by atoms with Gasteiger partial charge in [-0.2, -0.15) is 0 Å². The van der Waals surface area contributed by atoms with Crippen molar-refractivity contribution in [2.24, 2.45) is 21.1 Å². The Morgan fingerprint density at radius 2 is 1.06 bits per heavy atom. The second kappa shape index (κ2) is 23.2. The molecule has 6 aromatic rings. The number of hydrogen-bond donors (Lipinski definition) is 3. The quantitative estimate of drug-likeness (QED) is 0.111. The first kappa shape index (κ1) is 58.9. The fourth-order valence-electron chi connectivity index (χ4n) is 8.22. The van der Waals surface area contributed by atoms with Crippen LogP contribution in [0.2, 0.25) is 0 Å². The van der Waals surface area contributed by atoms with Crippen molar-refractivity contribution in [1.29, 1.82) is 0 Å². The molecule has 0 bridgehead atoms. The summed E-state index contributed by atoms with van der Waals surface area (Å²) in [4.78, 5) is 58.7. The van der Waals surface area contributed by atoms with Gasteiger partial charge in [0.05, 0.1) is 40.2 Å². The number of hydrogen-bond acceptors (Lipinski definition) is 15. The molecule has 2 amide bonds.